The number of benzene rings is 1. The van der Waals surface area contributed by atoms with Crippen LogP contribution in [0.15, 0.2) is 30.5 Å². The van der Waals surface area contributed by atoms with Gasteiger partial charge in [-0.15, -0.1) is 12.3 Å². The van der Waals surface area contributed by atoms with Crippen LogP contribution in [-0.4, -0.2) is 16.5 Å². The average molecular weight is 211 g/mol. The molecule has 3 nitrogen and oxygen atoms in total. The number of anilines is 1. The standard InChI is InChI=1S/C13H13N3/c1-2-3-6-9-14-13-10-15-11-7-4-5-8-12(11)16-13/h1,4-5,7-8,10H,3,6,9H2,(H,14,16). The third-order valence-corrected chi connectivity index (χ3v) is 2.25. The molecule has 0 aliphatic heterocycles. The van der Waals surface area contributed by atoms with Crippen LogP contribution < -0.4 is 5.32 Å². The molecule has 16 heavy (non-hydrogen) atoms. The first kappa shape index (κ1) is 10.4. The summed E-state index contributed by atoms with van der Waals surface area (Å²) in [5, 5.41) is 3.20. The topological polar surface area (TPSA) is 37.8 Å². The SMILES string of the molecule is C#CCCCNc1cnc2ccccc2n1. The number of para-hydroxylation sites is 2. The molecule has 0 atom stereocenters. The zero-order valence-electron chi connectivity index (χ0n) is 8.98. The fourth-order valence-electron chi connectivity index (χ4n) is 1.45. The van der Waals surface area contributed by atoms with Gasteiger partial charge in [0.2, 0.25) is 0 Å². The fourth-order valence-corrected chi connectivity index (χ4v) is 1.45. The lowest BCUT2D eigenvalue weighted by Gasteiger charge is -2.04. The number of hydrogen-bond donors (Lipinski definition) is 1. The second kappa shape index (κ2) is 5.13. The maximum absolute atomic E-state index is 5.18. The number of fused-ring (bicyclic) bond motifs is 1. The van der Waals surface area contributed by atoms with Crippen molar-refractivity contribution in [1.29, 1.82) is 0 Å². The summed E-state index contributed by atoms with van der Waals surface area (Å²) in [6, 6.07) is 7.82. The van der Waals surface area contributed by atoms with Gasteiger partial charge in [0.15, 0.2) is 0 Å². The highest BCUT2D eigenvalue weighted by Crippen LogP contribution is 2.11. The van der Waals surface area contributed by atoms with Crippen LogP contribution in [0.4, 0.5) is 5.82 Å². The van der Waals surface area contributed by atoms with Crippen LogP contribution >= 0.6 is 0 Å². The summed E-state index contributed by atoms with van der Waals surface area (Å²) in [7, 11) is 0. The minimum atomic E-state index is 0.786. The van der Waals surface area contributed by atoms with Gasteiger partial charge in [-0.25, -0.2) is 4.98 Å². The van der Waals surface area contributed by atoms with Crippen LogP contribution in [0.25, 0.3) is 11.0 Å². The molecular formula is C13H13N3. The number of unbranched alkanes of at least 4 members (excludes halogenated alkanes) is 1. The van der Waals surface area contributed by atoms with Crippen molar-refractivity contribution >= 4 is 16.9 Å². The third-order valence-electron chi connectivity index (χ3n) is 2.25. The molecule has 0 saturated heterocycles. The van der Waals surface area contributed by atoms with E-state index < -0.39 is 0 Å². The Morgan fingerprint density at radius 3 is 2.88 bits per heavy atom. The zero-order chi connectivity index (χ0) is 11.2. The first-order chi connectivity index (χ1) is 7.90. The smallest absolute Gasteiger partial charge is 0.145 e. The minimum Gasteiger partial charge on any atom is -0.369 e. The third kappa shape index (κ3) is 2.48. The average Bonchev–Trinajstić information content (AvgIpc) is 2.34. The summed E-state index contributed by atoms with van der Waals surface area (Å²) in [6.07, 6.45) is 8.66. The molecule has 1 aromatic carbocycles. The normalized spacial score (nSPS) is 9.94. The second-order valence-electron chi connectivity index (χ2n) is 3.48. The van der Waals surface area contributed by atoms with Gasteiger partial charge in [0.1, 0.15) is 5.82 Å². The molecule has 2 aromatic rings. The predicted molar refractivity (Wildman–Crippen MR) is 66.1 cm³/mol. The zero-order valence-corrected chi connectivity index (χ0v) is 8.98. The van der Waals surface area contributed by atoms with E-state index in [1.165, 1.54) is 0 Å². The summed E-state index contributed by atoms with van der Waals surface area (Å²) in [5.41, 5.74) is 1.82. The first-order valence-corrected chi connectivity index (χ1v) is 5.29. The van der Waals surface area contributed by atoms with Gasteiger partial charge in [0.25, 0.3) is 0 Å². The molecule has 0 aliphatic rings. The van der Waals surface area contributed by atoms with Crippen molar-refractivity contribution in [3.8, 4) is 12.3 Å². The van der Waals surface area contributed by atoms with Gasteiger partial charge in [-0.2, -0.15) is 0 Å². The van der Waals surface area contributed by atoms with Crippen molar-refractivity contribution < 1.29 is 0 Å². The van der Waals surface area contributed by atoms with Crippen LogP contribution in [0, 0.1) is 12.3 Å². The van der Waals surface area contributed by atoms with E-state index in [0.717, 1.165) is 36.2 Å². The Morgan fingerprint density at radius 2 is 2.06 bits per heavy atom. The van der Waals surface area contributed by atoms with Crippen LogP contribution in [0.5, 0.6) is 0 Å². The lowest BCUT2D eigenvalue weighted by atomic mass is 10.3. The summed E-state index contributed by atoms with van der Waals surface area (Å²) < 4.78 is 0. The van der Waals surface area contributed by atoms with Crippen molar-refractivity contribution in [1.82, 2.24) is 9.97 Å². The number of nitrogens with zero attached hydrogens (tertiary/aromatic N) is 2. The molecule has 2 rings (SSSR count). The second-order valence-corrected chi connectivity index (χ2v) is 3.48. The van der Waals surface area contributed by atoms with Crippen molar-refractivity contribution in [2.45, 2.75) is 12.8 Å². The molecule has 3 heteroatoms. The van der Waals surface area contributed by atoms with E-state index in [1.54, 1.807) is 6.20 Å². The number of hydrogen-bond acceptors (Lipinski definition) is 3. The summed E-state index contributed by atoms with van der Waals surface area (Å²) in [4.78, 5) is 8.76. The van der Waals surface area contributed by atoms with E-state index in [0.29, 0.717) is 0 Å². The van der Waals surface area contributed by atoms with Gasteiger partial charge in [0, 0.05) is 13.0 Å². The van der Waals surface area contributed by atoms with E-state index in [-0.39, 0.29) is 0 Å². The Balaban J connectivity index is 2.05. The van der Waals surface area contributed by atoms with E-state index in [1.807, 2.05) is 24.3 Å². The molecule has 1 heterocycles. The lowest BCUT2D eigenvalue weighted by Crippen LogP contribution is -2.03. The van der Waals surface area contributed by atoms with E-state index >= 15 is 0 Å². The molecule has 0 radical (unpaired) electrons. The molecule has 80 valence electrons. The van der Waals surface area contributed by atoms with Gasteiger partial charge >= 0.3 is 0 Å². The molecule has 0 bridgehead atoms. The molecule has 0 spiro atoms. The molecule has 0 aliphatic carbocycles. The monoisotopic (exact) mass is 211 g/mol. The fraction of sp³-hybridized carbons (Fsp3) is 0.231. The Hall–Kier alpha value is -2.08. The molecular weight excluding hydrogens is 198 g/mol. The molecule has 0 unspecified atom stereocenters. The minimum absolute atomic E-state index is 0.786. The van der Waals surface area contributed by atoms with Crippen molar-refractivity contribution in [2.24, 2.45) is 0 Å². The number of nitrogens with one attached hydrogen (secondary N) is 1. The highest BCUT2D eigenvalue weighted by atomic mass is 15.0. The first-order valence-electron chi connectivity index (χ1n) is 5.29. The molecule has 1 N–H and O–H groups in total. The van der Waals surface area contributed by atoms with E-state index in [9.17, 15) is 0 Å². The quantitative estimate of drug-likeness (QED) is 0.623. The van der Waals surface area contributed by atoms with Crippen LogP contribution in [0.2, 0.25) is 0 Å². The molecule has 1 aromatic heterocycles. The largest absolute Gasteiger partial charge is 0.369 e. The van der Waals surface area contributed by atoms with Gasteiger partial charge in [-0.3, -0.25) is 4.98 Å². The lowest BCUT2D eigenvalue weighted by molar-refractivity contribution is 0.901. The Labute approximate surface area is 94.9 Å². The van der Waals surface area contributed by atoms with E-state index in [4.69, 9.17) is 6.42 Å². The van der Waals surface area contributed by atoms with Crippen LogP contribution in [0.3, 0.4) is 0 Å². The number of rotatable bonds is 4. The van der Waals surface area contributed by atoms with Crippen molar-refractivity contribution in [3.63, 3.8) is 0 Å². The highest BCUT2D eigenvalue weighted by Gasteiger charge is 1.97. The van der Waals surface area contributed by atoms with Gasteiger partial charge in [-0.1, -0.05) is 12.1 Å². The maximum atomic E-state index is 5.18. The Morgan fingerprint density at radius 1 is 1.25 bits per heavy atom. The van der Waals surface area contributed by atoms with Crippen molar-refractivity contribution in [2.75, 3.05) is 11.9 Å². The van der Waals surface area contributed by atoms with Crippen LogP contribution in [-0.2, 0) is 0 Å². The van der Waals surface area contributed by atoms with Gasteiger partial charge < -0.3 is 5.32 Å². The molecule has 0 amide bonds. The summed E-state index contributed by atoms with van der Waals surface area (Å²) in [6.45, 7) is 0.831. The van der Waals surface area contributed by atoms with Gasteiger partial charge in [0.05, 0.1) is 17.2 Å². The van der Waals surface area contributed by atoms with Gasteiger partial charge in [-0.05, 0) is 18.6 Å². The predicted octanol–water partition coefficient (Wildman–Crippen LogP) is 2.46. The molecule has 0 fully saturated rings. The summed E-state index contributed by atoms with van der Waals surface area (Å²) >= 11 is 0. The maximum Gasteiger partial charge on any atom is 0.145 e. The van der Waals surface area contributed by atoms with Crippen LogP contribution in [0.1, 0.15) is 12.8 Å². The van der Waals surface area contributed by atoms with E-state index in [2.05, 4.69) is 21.2 Å². The Kier molecular flexibility index (Phi) is 3.35. The number of terminal acetylenes is 1. The summed E-state index contributed by atoms with van der Waals surface area (Å²) in [5.74, 6) is 3.41. The Bertz CT molecular complexity index is 514. The molecule has 0 saturated carbocycles. The number of aromatic nitrogens is 2. The highest BCUT2D eigenvalue weighted by molar-refractivity contribution is 5.75. The van der Waals surface area contributed by atoms with Crippen molar-refractivity contribution in [3.05, 3.63) is 30.5 Å².